The monoisotopic (exact) mass is 271 g/mol. The van der Waals surface area contributed by atoms with Crippen molar-refractivity contribution in [2.75, 3.05) is 11.9 Å². The van der Waals surface area contributed by atoms with Crippen molar-refractivity contribution in [3.8, 4) is 5.75 Å². The first-order valence-electron chi connectivity index (χ1n) is 6.93. The van der Waals surface area contributed by atoms with Crippen LogP contribution in [-0.4, -0.2) is 17.8 Å². The van der Waals surface area contributed by atoms with E-state index in [1.807, 2.05) is 68.4 Å². The van der Waals surface area contributed by atoms with Crippen molar-refractivity contribution in [1.29, 1.82) is 0 Å². The van der Waals surface area contributed by atoms with Crippen molar-refractivity contribution in [2.45, 2.75) is 26.0 Å². The summed E-state index contributed by atoms with van der Waals surface area (Å²) in [4.78, 5) is 0. The molecule has 0 bridgehead atoms. The molecule has 20 heavy (non-hydrogen) atoms. The zero-order chi connectivity index (χ0) is 14.4. The molecule has 3 nitrogen and oxygen atoms in total. The highest BCUT2D eigenvalue weighted by atomic mass is 16.5. The van der Waals surface area contributed by atoms with Crippen LogP contribution in [0.5, 0.6) is 5.75 Å². The first-order valence-corrected chi connectivity index (χ1v) is 6.93. The number of aliphatic hydroxyl groups is 1. The lowest BCUT2D eigenvalue weighted by Crippen LogP contribution is -2.23. The lowest BCUT2D eigenvalue weighted by atomic mass is 10.0. The summed E-state index contributed by atoms with van der Waals surface area (Å²) in [5.41, 5.74) is 1.88. The third-order valence-electron chi connectivity index (χ3n) is 3.17. The normalized spacial score (nSPS) is 13.6. The summed E-state index contributed by atoms with van der Waals surface area (Å²) in [5.74, 6) is 0.856. The van der Waals surface area contributed by atoms with Crippen LogP contribution in [0.3, 0.4) is 0 Å². The summed E-state index contributed by atoms with van der Waals surface area (Å²) in [7, 11) is 0. The first kappa shape index (κ1) is 14.4. The number of ether oxygens (including phenoxy) is 1. The van der Waals surface area contributed by atoms with E-state index >= 15 is 0 Å². The van der Waals surface area contributed by atoms with Gasteiger partial charge in [0, 0.05) is 5.69 Å². The minimum Gasteiger partial charge on any atom is -0.494 e. The Hall–Kier alpha value is -2.00. The summed E-state index contributed by atoms with van der Waals surface area (Å²) in [6.07, 6.45) is -0.539. The number of benzene rings is 2. The molecule has 3 heteroatoms. The smallest absolute Gasteiger partial charge is 0.119 e. The van der Waals surface area contributed by atoms with Crippen molar-refractivity contribution in [2.24, 2.45) is 0 Å². The SMILES string of the molecule is CCOc1ccc(N[C@H](C)[C@@H](O)c2ccccc2)cc1. The van der Waals surface area contributed by atoms with Crippen LogP contribution in [0.25, 0.3) is 0 Å². The summed E-state index contributed by atoms with van der Waals surface area (Å²) < 4.78 is 5.41. The molecule has 2 N–H and O–H groups in total. The molecular formula is C17H21NO2. The Kier molecular flexibility index (Phi) is 5.02. The summed E-state index contributed by atoms with van der Waals surface area (Å²) in [5, 5.41) is 13.6. The van der Waals surface area contributed by atoms with Crippen molar-refractivity contribution in [1.82, 2.24) is 0 Å². The van der Waals surface area contributed by atoms with E-state index in [1.165, 1.54) is 0 Å². The number of nitrogens with one attached hydrogen (secondary N) is 1. The quantitative estimate of drug-likeness (QED) is 0.843. The molecule has 0 aliphatic rings. The number of rotatable bonds is 6. The minimum absolute atomic E-state index is 0.0738. The average Bonchev–Trinajstić information content (AvgIpc) is 2.49. The Balaban J connectivity index is 1.98. The molecule has 0 spiro atoms. The lowest BCUT2D eigenvalue weighted by Gasteiger charge is -2.21. The molecule has 0 unspecified atom stereocenters. The van der Waals surface area contributed by atoms with Gasteiger partial charge in [-0.25, -0.2) is 0 Å². The van der Waals surface area contributed by atoms with Gasteiger partial charge in [-0.05, 0) is 43.7 Å². The van der Waals surface area contributed by atoms with Crippen molar-refractivity contribution in [3.05, 3.63) is 60.2 Å². The fourth-order valence-corrected chi connectivity index (χ4v) is 2.09. The standard InChI is InChI=1S/C17H21NO2/c1-3-20-16-11-9-15(10-12-16)18-13(2)17(19)14-7-5-4-6-8-14/h4-13,17-19H,3H2,1-2H3/t13-,17-/m1/s1. The third kappa shape index (κ3) is 3.75. The topological polar surface area (TPSA) is 41.5 Å². The van der Waals surface area contributed by atoms with Crippen molar-refractivity contribution in [3.63, 3.8) is 0 Å². The van der Waals surface area contributed by atoms with Crippen molar-refractivity contribution < 1.29 is 9.84 Å². The highest BCUT2D eigenvalue weighted by Crippen LogP contribution is 2.21. The Labute approximate surface area is 120 Å². The molecule has 0 aromatic heterocycles. The second-order valence-corrected chi connectivity index (χ2v) is 4.75. The molecule has 0 fully saturated rings. The molecule has 2 atom stereocenters. The molecule has 2 aromatic rings. The Morgan fingerprint density at radius 1 is 1.05 bits per heavy atom. The lowest BCUT2D eigenvalue weighted by molar-refractivity contribution is 0.161. The highest BCUT2D eigenvalue weighted by Gasteiger charge is 2.15. The van der Waals surface area contributed by atoms with Gasteiger partial charge in [-0.1, -0.05) is 30.3 Å². The van der Waals surface area contributed by atoms with Crippen LogP contribution in [0.15, 0.2) is 54.6 Å². The van der Waals surface area contributed by atoms with E-state index in [9.17, 15) is 5.11 Å². The largest absolute Gasteiger partial charge is 0.494 e. The molecule has 0 saturated heterocycles. The molecule has 0 saturated carbocycles. The Morgan fingerprint density at radius 3 is 2.30 bits per heavy atom. The second-order valence-electron chi connectivity index (χ2n) is 4.75. The van der Waals surface area contributed by atoms with Gasteiger partial charge in [0.05, 0.1) is 18.8 Å². The highest BCUT2D eigenvalue weighted by molar-refractivity contribution is 5.47. The zero-order valence-corrected chi connectivity index (χ0v) is 11.9. The third-order valence-corrected chi connectivity index (χ3v) is 3.17. The van der Waals surface area contributed by atoms with Gasteiger partial charge in [0.1, 0.15) is 5.75 Å². The molecule has 0 amide bonds. The fourth-order valence-electron chi connectivity index (χ4n) is 2.09. The van der Waals surface area contributed by atoms with Crippen LogP contribution in [0.4, 0.5) is 5.69 Å². The number of anilines is 1. The van der Waals surface area contributed by atoms with E-state index in [4.69, 9.17) is 4.74 Å². The van der Waals surface area contributed by atoms with Gasteiger partial charge in [0.25, 0.3) is 0 Å². The zero-order valence-electron chi connectivity index (χ0n) is 11.9. The van der Waals surface area contributed by atoms with E-state index in [-0.39, 0.29) is 6.04 Å². The Morgan fingerprint density at radius 2 is 1.70 bits per heavy atom. The van der Waals surface area contributed by atoms with Crippen LogP contribution in [0.1, 0.15) is 25.5 Å². The molecule has 0 radical (unpaired) electrons. The van der Waals surface area contributed by atoms with Gasteiger partial charge < -0.3 is 15.2 Å². The van der Waals surface area contributed by atoms with Crippen molar-refractivity contribution >= 4 is 5.69 Å². The predicted molar refractivity (Wildman–Crippen MR) is 82.1 cm³/mol. The van der Waals surface area contributed by atoms with E-state index in [1.54, 1.807) is 0 Å². The van der Waals surface area contributed by atoms with Gasteiger partial charge in [0.15, 0.2) is 0 Å². The van der Waals surface area contributed by atoms with Crippen LogP contribution in [-0.2, 0) is 0 Å². The van der Waals surface area contributed by atoms with E-state index in [0.29, 0.717) is 6.61 Å². The van der Waals surface area contributed by atoms with E-state index in [2.05, 4.69) is 5.32 Å². The van der Waals surface area contributed by atoms with Crippen LogP contribution >= 0.6 is 0 Å². The molecule has 106 valence electrons. The Bertz CT molecular complexity index is 510. The summed E-state index contributed by atoms with van der Waals surface area (Å²) in [6, 6.07) is 17.4. The van der Waals surface area contributed by atoms with Gasteiger partial charge in [-0.2, -0.15) is 0 Å². The predicted octanol–water partition coefficient (Wildman–Crippen LogP) is 3.62. The molecule has 0 aliphatic carbocycles. The first-order chi connectivity index (χ1) is 9.70. The summed E-state index contributed by atoms with van der Waals surface area (Å²) >= 11 is 0. The maximum Gasteiger partial charge on any atom is 0.119 e. The molecular weight excluding hydrogens is 250 g/mol. The van der Waals surface area contributed by atoms with E-state index in [0.717, 1.165) is 17.0 Å². The number of hydrogen-bond donors (Lipinski definition) is 2. The molecule has 0 heterocycles. The van der Waals surface area contributed by atoms with Gasteiger partial charge in [-0.15, -0.1) is 0 Å². The average molecular weight is 271 g/mol. The van der Waals surface area contributed by atoms with Crippen LogP contribution in [0.2, 0.25) is 0 Å². The van der Waals surface area contributed by atoms with Crippen LogP contribution in [0, 0.1) is 0 Å². The summed E-state index contributed by atoms with van der Waals surface area (Å²) in [6.45, 7) is 4.59. The number of hydrogen-bond acceptors (Lipinski definition) is 3. The molecule has 2 aromatic carbocycles. The second kappa shape index (κ2) is 6.96. The fraction of sp³-hybridized carbons (Fsp3) is 0.294. The molecule has 0 aliphatic heterocycles. The maximum atomic E-state index is 10.3. The van der Waals surface area contributed by atoms with Gasteiger partial charge >= 0.3 is 0 Å². The maximum absolute atomic E-state index is 10.3. The number of aliphatic hydroxyl groups excluding tert-OH is 1. The van der Waals surface area contributed by atoms with Gasteiger partial charge in [0.2, 0.25) is 0 Å². The molecule has 2 rings (SSSR count). The van der Waals surface area contributed by atoms with E-state index < -0.39 is 6.10 Å². The van der Waals surface area contributed by atoms with Crippen LogP contribution < -0.4 is 10.1 Å². The van der Waals surface area contributed by atoms with Gasteiger partial charge in [-0.3, -0.25) is 0 Å². The minimum atomic E-state index is -0.539.